The Bertz CT molecular complexity index is 800. The van der Waals surface area contributed by atoms with E-state index in [2.05, 4.69) is 15.2 Å². The monoisotopic (exact) mass is 287 g/mol. The van der Waals surface area contributed by atoms with Crippen molar-refractivity contribution >= 4 is 28.6 Å². The van der Waals surface area contributed by atoms with Crippen molar-refractivity contribution in [3.8, 4) is 0 Å². The first-order chi connectivity index (χ1) is 9.65. The molecule has 0 atom stereocenters. The molecule has 0 radical (unpaired) electrons. The Morgan fingerprint density at radius 3 is 2.80 bits per heavy atom. The fraction of sp³-hybridized carbons (Fsp3) is 0.0769. The number of aryl methyl sites for hydroxylation is 1. The Morgan fingerprint density at radius 2 is 2.10 bits per heavy atom. The molecular weight excluding hydrogens is 278 g/mol. The molecule has 0 bridgehead atoms. The summed E-state index contributed by atoms with van der Waals surface area (Å²) in [7, 11) is 0. The summed E-state index contributed by atoms with van der Waals surface area (Å²) < 4.78 is 5.26. The van der Waals surface area contributed by atoms with E-state index in [4.69, 9.17) is 4.42 Å². The van der Waals surface area contributed by atoms with Gasteiger partial charge in [0.25, 0.3) is 5.22 Å². The van der Waals surface area contributed by atoms with Crippen molar-refractivity contribution < 1.29 is 14.3 Å². The second-order valence-corrected chi connectivity index (χ2v) is 5.02. The van der Waals surface area contributed by atoms with Gasteiger partial charge in [0.2, 0.25) is 0 Å². The summed E-state index contributed by atoms with van der Waals surface area (Å²) in [6.07, 6.45) is 1.51. The maximum atomic E-state index is 11.3. The van der Waals surface area contributed by atoms with Gasteiger partial charge in [0.05, 0.1) is 16.1 Å². The van der Waals surface area contributed by atoms with Crippen LogP contribution in [0.4, 0.5) is 0 Å². The summed E-state index contributed by atoms with van der Waals surface area (Å²) in [4.78, 5) is 15.9. The van der Waals surface area contributed by atoms with Gasteiger partial charge in [0, 0.05) is 5.39 Å². The van der Waals surface area contributed by atoms with Gasteiger partial charge in [-0.15, -0.1) is 10.2 Å². The highest BCUT2D eigenvalue weighted by molar-refractivity contribution is 7.99. The van der Waals surface area contributed by atoms with E-state index >= 15 is 0 Å². The van der Waals surface area contributed by atoms with E-state index in [9.17, 15) is 9.90 Å². The van der Waals surface area contributed by atoms with Crippen LogP contribution in [0.25, 0.3) is 10.9 Å². The van der Waals surface area contributed by atoms with E-state index in [1.54, 1.807) is 19.1 Å². The first-order valence-corrected chi connectivity index (χ1v) is 6.55. The number of aromatic carboxylic acids is 1. The van der Waals surface area contributed by atoms with Gasteiger partial charge in [0.15, 0.2) is 5.69 Å². The third kappa shape index (κ3) is 2.23. The van der Waals surface area contributed by atoms with Crippen molar-refractivity contribution in [1.82, 2.24) is 15.2 Å². The topological polar surface area (TPSA) is 89.1 Å². The summed E-state index contributed by atoms with van der Waals surface area (Å²) in [5.41, 5.74) is 1.25. The van der Waals surface area contributed by atoms with Crippen molar-refractivity contribution in [2.24, 2.45) is 0 Å². The number of hydrogen-bond acceptors (Lipinski definition) is 6. The molecule has 0 fully saturated rings. The molecule has 0 amide bonds. The molecule has 6 nitrogen and oxygen atoms in total. The smallest absolute Gasteiger partial charge is 0.357 e. The van der Waals surface area contributed by atoms with Crippen molar-refractivity contribution in [3.63, 3.8) is 0 Å². The summed E-state index contributed by atoms with van der Waals surface area (Å²) in [5.74, 6) is -1.13. The number of carboxylic acids is 1. The predicted octanol–water partition coefficient (Wildman–Crippen LogP) is 2.78. The lowest BCUT2D eigenvalue weighted by Gasteiger charge is -2.05. The van der Waals surface area contributed by atoms with Crippen LogP contribution in [0.5, 0.6) is 0 Å². The first-order valence-electron chi connectivity index (χ1n) is 5.74. The molecule has 100 valence electrons. The first kappa shape index (κ1) is 12.6. The summed E-state index contributed by atoms with van der Waals surface area (Å²) in [6.45, 7) is 1.80. The molecule has 1 N–H and O–H groups in total. The van der Waals surface area contributed by atoms with Crippen LogP contribution < -0.4 is 0 Å². The van der Waals surface area contributed by atoms with Gasteiger partial charge in [-0.3, -0.25) is 0 Å². The zero-order chi connectivity index (χ0) is 14.1. The van der Waals surface area contributed by atoms with E-state index in [-0.39, 0.29) is 5.69 Å². The van der Waals surface area contributed by atoms with Crippen LogP contribution in [0.1, 0.15) is 16.2 Å². The average molecular weight is 287 g/mol. The highest BCUT2D eigenvalue weighted by Crippen LogP contribution is 2.34. The molecule has 7 heteroatoms. The van der Waals surface area contributed by atoms with Crippen LogP contribution in [0.2, 0.25) is 0 Å². The Kier molecular flexibility index (Phi) is 3.11. The number of carbonyl (C=O) groups is 1. The summed E-state index contributed by atoms with van der Waals surface area (Å²) in [5, 5.41) is 18.0. The number of carboxylic acid groups (broad SMARTS) is 1. The van der Waals surface area contributed by atoms with Crippen LogP contribution in [0.3, 0.4) is 0 Å². The van der Waals surface area contributed by atoms with E-state index in [0.717, 1.165) is 17.5 Å². The van der Waals surface area contributed by atoms with Gasteiger partial charge in [-0.05, 0) is 24.8 Å². The Hall–Kier alpha value is -2.41. The molecule has 0 saturated carbocycles. The predicted molar refractivity (Wildman–Crippen MR) is 71.9 cm³/mol. The molecule has 0 aliphatic rings. The normalized spacial score (nSPS) is 10.8. The van der Waals surface area contributed by atoms with Crippen LogP contribution in [0.15, 0.2) is 45.1 Å². The van der Waals surface area contributed by atoms with Crippen LogP contribution in [0, 0.1) is 6.92 Å². The van der Waals surface area contributed by atoms with Crippen molar-refractivity contribution in [1.29, 1.82) is 0 Å². The standard InChI is InChI=1S/C13H9N3O3S/c1-7-6-19-13(14-7)20-11-8-4-2-3-5-9(8)15-16-10(11)12(17)18/h2-6H,1H3,(H,17,18). The quantitative estimate of drug-likeness (QED) is 0.792. The number of aromatic nitrogens is 3. The summed E-state index contributed by atoms with van der Waals surface area (Å²) in [6, 6.07) is 7.22. The van der Waals surface area contributed by atoms with E-state index in [0.29, 0.717) is 21.0 Å². The van der Waals surface area contributed by atoms with Gasteiger partial charge in [0.1, 0.15) is 6.26 Å². The molecule has 0 saturated heterocycles. The van der Waals surface area contributed by atoms with Crippen molar-refractivity contribution in [2.45, 2.75) is 17.0 Å². The fourth-order valence-corrected chi connectivity index (χ4v) is 2.71. The molecule has 0 aliphatic heterocycles. The van der Waals surface area contributed by atoms with Gasteiger partial charge in [-0.2, -0.15) is 0 Å². The molecule has 20 heavy (non-hydrogen) atoms. The molecule has 3 aromatic rings. The number of benzene rings is 1. The minimum atomic E-state index is -1.13. The minimum Gasteiger partial charge on any atom is -0.476 e. The van der Waals surface area contributed by atoms with Crippen LogP contribution in [-0.4, -0.2) is 26.3 Å². The van der Waals surface area contributed by atoms with Crippen molar-refractivity contribution in [2.75, 3.05) is 0 Å². The Morgan fingerprint density at radius 1 is 1.30 bits per heavy atom. The molecule has 2 heterocycles. The Labute approximate surface area is 117 Å². The van der Waals surface area contributed by atoms with Gasteiger partial charge in [-0.1, -0.05) is 18.2 Å². The third-order valence-electron chi connectivity index (χ3n) is 2.61. The molecular formula is C13H9N3O3S. The van der Waals surface area contributed by atoms with Crippen molar-refractivity contribution in [3.05, 3.63) is 41.9 Å². The molecule has 0 spiro atoms. The highest BCUT2D eigenvalue weighted by atomic mass is 32.2. The van der Waals surface area contributed by atoms with E-state index in [1.165, 1.54) is 6.26 Å². The van der Waals surface area contributed by atoms with Crippen LogP contribution in [-0.2, 0) is 0 Å². The lowest BCUT2D eigenvalue weighted by atomic mass is 10.2. The molecule has 2 aromatic heterocycles. The van der Waals surface area contributed by atoms with Gasteiger partial charge >= 0.3 is 5.97 Å². The average Bonchev–Trinajstić information content (AvgIpc) is 2.84. The lowest BCUT2D eigenvalue weighted by molar-refractivity contribution is 0.0685. The number of oxazole rings is 1. The molecule has 3 rings (SSSR count). The van der Waals surface area contributed by atoms with Gasteiger partial charge < -0.3 is 9.52 Å². The maximum absolute atomic E-state index is 11.3. The largest absolute Gasteiger partial charge is 0.476 e. The third-order valence-corrected chi connectivity index (χ3v) is 3.59. The van der Waals surface area contributed by atoms with E-state index in [1.807, 2.05) is 12.1 Å². The SMILES string of the molecule is Cc1coc(Sc2c(C(=O)O)nnc3ccccc23)n1. The molecule has 0 aliphatic carbocycles. The van der Waals surface area contributed by atoms with Gasteiger partial charge in [-0.25, -0.2) is 9.78 Å². The highest BCUT2D eigenvalue weighted by Gasteiger charge is 2.19. The summed E-state index contributed by atoms with van der Waals surface area (Å²) >= 11 is 1.13. The lowest BCUT2D eigenvalue weighted by Crippen LogP contribution is -2.05. The second-order valence-electron chi connectivity index (χ2n) is 4.06. The van der Waals surface area contributed by atoms with Crippen LogP contribution >= 0.6 is 11.8 Å². The number of rotatable bonds is 3. The number of hydrogen-bond donors (Lipinski definition) is 1. The number of nitrogens with zero attached hydrogens (tertiary/aromatic N) is 3. The zero-order valence-electron chi connectivity index (χ0n) is 10.4. The molecule has 0 unspecified atom stereocenters. The molecule has 1 aromatic carbocycles. The Balaban J connectivity index is 2.19. The zero-order valence-corrected chi connectivity index (χ0v) is 11.2. The van der Waals surface area contributed by atoms with E-state index < -0.39 is 5.97 Å². The minimum absolute atomic E-state index is 0.107. The fourth-order valence-electron chi connectivity index (χ4n) is 1.74. The maximum Gasteiger partial charge on any atom is 0.357 e. The second kappa shape index (κ2) is 4.93. The number of fused-ring (bicyclic) bond motifs is 1.